The van der Waals surface area contributed by atoms with Crippen molar-refractivity contribution < 1.29 is 13.9 Å². The lowest BCUT2D eigenvalue weighted by Gasteiger charge is -2.13. The molecule has 3 aromatic rings. The minimum absolute atomic E-state index is 0.0954. The maximum atomic E-state index is 12.4. The van der Waals surface area contributed by atoms with Crippen molar-refractivity contribution in [2.24, 2.45) is 0 Å². The van der Waals surface area contributed by atoms with Gasteiger partial charge < -0.3 is 19.4 Å². The van der Waals surface area contributed by atoms with E-state index in [2.05, 4.69) is 47.5 Å². The fraction of sp³-hybridized carbons (Fsp3) is 0.346. The molecule has 0 fully saturated rings. The molecule has 0 saturated carbocycles. The van der Waals surface area contributed by atoms with Crippen molar-refractivity contribution in [1.82, 2.24) is 10.2 Å². The molecular formula is C26H32N2O3. The van der Waals surface area contributed by atoms with Gasteiger partial charge in [-0.3, -0.25) is 4.79 Å². The molecule has 1 amide bonds. The molecule has 0 saturated heterocycles. The molecule has 0 aliphatic carbocycles. The van der Waals surface area contributed by atoms with Crippen molar-refractivity contribution in [3.05, 3.63) is 59.4 Å². The summed E-state index contributed by atoms with van der Waals surface area (Å²) in [4.78, 5) is 14.5. The Labute approximate surface area is 184 Å². The smallest absolute Gasteiger partial charge is 0.244 e. The fourth-order valence-electron chi connectivity index (χ4n) is 3.76. The van der Waals surface area contributed by atoms with Crippen LogP contribution in [0.3, 0.4) is 0 Å². The molecule has 1 heterocycles. The molecule has 0 bridgehead atoms. The normalized spacial score (nSPS) is 11.9. The number of ether oxygens (including phenoxy) is 1. The van der Waals surface area contributed by atoms with E-state index in [9.17, 15) is 4.79 Å². The van der Waals surface area contributed by atoms with Crippen molar-refractivity contribution in [1.29, 1.82) is 0 Å². The Hall–Kier alpha value is -3.05. The number of amides is 1. The van der Waals surface area contributed by atoms with Crippen LogP contribution in [0.5, 0.6) is 5.75 Å². The molecule has 0 radical (unpaired) electrons. The largest absolute Gasteiger partial charge is 0.496 e. The van der Waals surface area contributed by atoms with Crippen LogP contribution in [-0.4, -0.2) is 45.1 Å². The molecular weight excluding hydrogens is 388 g/mol. The molecule has 1 aromatic heterocycles. The number of allylic oxidation sites excluding steroid dienone is 1. The van der Waals surface area contributed by atoms with Crippen LogP contribution in [-0.2, 0) is 4.79 Å². The number of carbonyl (C=O) groups excluding carboxylic acids is 1. The molecule has 2 aromatic carbocycles. The number of aryl methyl sites for hydroxylation is 2. The Kier molecular flexibility index (Phi) is 7.18. The fourth-order valence-corrected chi connectivity index (χ4v) is 3.76. The monoisotopic (exact) mass is 420 g/mol. The van der Waals surface area contributed by atoms with E-state index < -0.39 is 0 Å². The molecule has 5 nitrogen and oxygen atoms in total. The topological polar surface area (TPSA) is 54.7 Å². The van der Waals surface area contributed by atoms with Gasteiger partial charge in [-0.2, -0.15) is 0 Å². The van der Waals surface area contributed by atoms with E-state index in [1.165, 1.54) is 5.56 Å². The predicted octanol–water partition coefficient (Wildman–Crippen LogP) is 5.20. The third-order valence-corrected chi connectivity index (χ3v) is 5.46. The van der Waals surface area contributed by atoms with Crippen LogP contribution in [0.15, 0.2) is 47.1 Å². The molecule has 0 aliphatic rings. The van der Waals surface area contributed by atoms with Crippen LogP contribution in [0.4, 0.5) is 0 Å². The highest BCUT2D eigenvalue weighted by Crippen LogP contribution is 2.40. The first-order valence-corrected chi connectivity index (χ1v) is 10.6. The third kappa shape index (κ3) is 5.17. The van der Waals surface area contributed by atoms with E-state index in [-0.39, 0.29) is 5.91 Å². The van der Waals surface area contributed by atoms with Gasteiger partial charge in [0.15, 0.2) is 0 Å². The van der Waals surface area contributed by atoms with E-state index in [1.807, 2.05) is 27.9 Å². The first kappa shape index (κ1) is 22.6. The summed E-state index contributed by atoms with van der Waals surface area (Å²) in [5.74, 6) is 0.633. The van der Waals surface area contributed by atoms with Gasteiger partial charge in [-0.25, -0.2) is 0 Å². The highest BCUT2D eigenvalue weighted by molar-refractivity contribution is 6.01. The van der Waals surface area contributed by atoms with Gasteiger partial charge >= 0.3 is 0 Å². The lowest BCUT2D eigenvalue weighted by molar-refractivity contribution is -0.116. The second kappa shape index (κ2) is 9.84. The maximum absolute atomic E-state index is 12.4. The van der Waals surface area contributed by atoms with Crippen molar-refractivity contribution in [2.45, 2.75) is 27.2 Å². The first-order valence-electron chi connectivity index (χ1n) is 10.6. The number of nitrogens with zero attached hydrogens (tertiary/aromatic N) is 1. The average Bonchev–Trinajstić information content (AvgIpc) is 3.16. The number of furan rings is 1. The quantitative estimate of drug-likeness (QED) is 0.402. The molecule has 1 N–H and O–H groups in total. The van der Waals surface area contributed by atoms with Gasteiger partial charge in [-0.15, -0.1) is 0 Å². The van der Waals surface area contributed by atoms with E-state index in [0.29, 0.717) is 6.54 Å². The molecule has 0 atom stereocenters. The van der Waals surface area contributed by atoms with Crippen LogP contribution in [0.2, 0.25) is 0 Å². The lowest BCUT2D eigenvalue weighted by Crippen LogP contribution is -2.25. The second-order valence-corrected chi connectivity index (χ2v) is 8.25. The number of hydrogen-bond acceptors (Lipinski definition) is 4. The number of methoxy groups -OCH3 is 1. The zero-order chi connectivity index (χ0) is 22.5. The van der Waals surface area contributed by atoms with E-state index >= 15 is 0 Å². The maximum Gasteiger partial charge on any atom is 0.244 e. The molecule has 0 unspecified atom stereocenters. The number of nitrogens with one attached hydrogen (secondary N) is 1. The molecule has 164 valence electrons. The van der Waals surface area contributed by atoms with Crippen LogP contribution >= 0.6 is 0 Å². The van der Waals surface area contributed by atoms with Gasteiger partial charge in [0.25, 0.3) is 0 Å². The average molecular weight is 421 g/mol. The highest BCUT2D eigenvalue weighted by Gasteiger charge is 2.18. The number of fused-ring (bicyclic) bond motifs is 1. The zero-order valence-electron chi connectivity index (χ0n) is 19.3. The summed E-state index contributed by atoms with van der Waals surface area (Å²) in [5, 5.41) is 3.97. The molecule has 0 spiro atoms. The van der Waals surface area contributed by atoms with Gasteiger partial charge in [-0.05, 0) is 65.0 Å². The minimum Gasteiger partial charge on any atom is -0.496 e. The standard InChI is InChI=1S/C26H32N2O3/c1-17-8-10-20(11-9-17)23-16-31-26-19(3)25(30-6)21(15-22(23)26)18(2)14-24(29)27-12-7-13-28(4)5/h8-11,14-16H,7,12-13H2,1-6H3,(H,27,29)/b18-14+. The van der Waals surface area contributed by atoms with Gasteiger partial charge in [0.2, 0.25) is 5.91 Å². The summed E-state index contributed by atoms with van der Waals surface area (Å²) in [7, 11) is 5.70. The van der Waals surface area contributed by atoms with Crippen molar-refractivity contribution in [3.8, 4) is 16.9 Å². The van der Waals surface area contributed by atoms with Gasteiger partial charge in [0.1, 0.15) is 11.3 Å². The predicted molar refractivity (Wildman–Crippen MR) is 128 cm³/mol. The highest BCUT2D eigenvalue weighted by atomic mass is 16.5. The second-order valence-electron chi connectivity index (χ2n) is 8.25. The van der Waals surface area contributed by atoms with Crippen LogP contribution in [0, 0.1) is 13.8 Å². The first-order chi connectivity index (χ1) is 14.8. The summed E-state index contributed by atoms with van der Waals surface area (Å²) in [6.45, 7) is 7.59. The van der Waals surface area contributed by atoms with E-state index in [4.69, 9.17) is 9.15 Å². The molecule has 0 aliphatic heterocycles. The van der Waals surface area contributed by atoms with Crippen LogP contribution in [0.25, 0.3) is 27.7 Å². The SMILES string of the molecule is COc1c(/C(C)=C/C(=O)NCCCN(C)C)cc2c(-c3ccc(C)cc3)coc2c1C. The zero-order valence-corrected chi connectivity index (χ0v) is 19.3. The van der Waals surface area contributed by atoms with E-state index in [0.717, 1.165) is 57.5 Å². The summed E-state index contributed by atoms with van der Waals surface area (Å²) in [6.07, 6.45) is 4.35. The Morgan fingerprint density at radius 2 is 1.90 bits per heavy atom. The Morgan fingerprint density at radius 3 is 2.55 bits per heavy atom. The van der Waals surface area contributed by atoms with Crippen LogP contribution < -0.4 is 10.1 Å². The van der Waals surface area contributed by atoms with Gasteiger partial charge in [0.05, 0.1) is 13.4 Å². The summed E-state index contributed by atoms with van der Waals surface area (Å²) in [6, 6.07) is 10.4. The van der Waals surface area contributed by atoms with Crippen molar-refractivity contribution in [2.75, 3.05) is 34.3 Å². The number of benzene rings is 2. The molecule has 5 heteroatoms. The van der Waals surface area contributed by atoms with Gasteiger partial charge in [-0.1, -0.05) is 29.8 Å². The van der Waals surface area contributed by atoms with Crippen LogP contribution in [0.1, 0.15) is 30.0 Å². The van der Waals surface area contributed by atoms with Gasteiger partial charge in [0, 0.05) is 34.7 Å². The number of carbonyl (C=O) groups is 1. The van der Waals surface area contributed by atoms with Crippen molar-refractivity contribution >= 4 is 22.4 Å². The van der Waals surface area contributed by atoms with Crippen molar-refractivity contribution in [3.63, 3.8) is 0 Å². The molecule has 3 rings (SSSR count). The summed E-state index contributed by atoms with van der Waals surface area (Å²) < 4.78 is 11.6. The summed E-state index contributed by atoms with van der Waals surface area (Å²) >= 11 is 0. The number of rotatable bonds is 8. The molecule has 31 heavy (non-hydrogen) atoms. The Balaban J connectivity index is 1.96. The lowest BCUT2D eigenvalue weighted by atomic mass is 9.96. The third-order valence-electron chi connectivity index (χ3n) is 5.46. The Morgan fingerprint density at radius 1 is 1.19 bits per heavy atom. The van der Waals surface area contributed by atoms with E-state index in [1.54, 1.807) is 19.4 Å². The Bertz CT molecular complexity index is 1090. The minimum atomic E-state index is -0.0954. The number of hydrogen-bond donors (Lipinski definition) is 1. The summed E-state index contributed by atoms with van der Waals surface area (Å²) in [5.41, 5.74) is 6.81.